The molecule has 2 fully saturated rings. The van der Waals surface area contributed by atoms with E-state index in [0.717, 1.165) is 6.42 Å². The van der Waals surface area contributed by atoms with Crippen LogP contribution in [-0.4, -0.2) is 34.6 Å². The molecule has 1 aromatic carbocycles. The lowest BCUT2D eigenvalue weighted by Gasteiger charge is -2.43. The maximum absolute atomic E-state index is 14.8. The Kier molecular flexibility index (Phi) is 4.86. The van der Waals surface area contributed by atoms with Crippen LogP contribution in [0, 0.1) is 24.1 Å². The smallest absolute Gasteiger partial charge is 0.259 e. The number of primary amides is 1. The van der Waals surface area contributed by atoms with E-state index in [-0.39, 0.29) is 33.6 Å². The molecule has 2 heterocycles. The van der Waals surface area contributed by atoms with Crippen molar-refractivity contribution in [1.29, 1.82) is 5.26 Å². The molecule has 158 valence electrons. The van der Waals surface area contributed by atoms with Crippen molar-refractivity contribution >= 4 is 40.5 Å². The van der Waals surface area contributed by atoms with Crippen molar-refractivity contribution in [3.63, 3.8) is 0 Å². The van der Waals surface area contributed by atoms with Gasteiger partial charge in [-0.05, 0) is 50.5 Å². The zero-order valence-electron chi connectivity index (χ0n) is 16.8. The Morgan fingerprint density at radius 3 is 2.68 bits per heavy atom. The molecule has 0 radical (unpaired) electrons. The minimum atomic E-state index is -0.941. The highest BCUT2D eigenvalue weighted by Gasteiger charge is 2.60. The Morgan fingerprint density at radius 2 is 2.13 bits per heavy atom. The number of hydrogen-bond donors (Lipinski definition) is 1. The number of nitrogens with two attached hydrogens (primary N) is 1. The maximum Gasteiger partial charge on any atom is 0.259 e. The molecule has 2 amide bonds. The van der Waals surface area contributed by atoms with Crippen molar-refractivity contribution < 1.29 is 18.7 Å². The van der Waals surface area contributed by atoms with Crippen LogP contribution in [0.4, 0.5) is 15.8 Å². The van der Waals surface area contributed by atoms with Gasteiger partial charge in [0.1, 0.15) is 17.4 Å². The lowest BCUT2D eigenvalue weighted by molar-refractivity contribution is -0.123. The molecule has 1 aliphatic carbocycles. The molecule has 0 unspecified atom stereocenters. The largest absolute Gasteiger partial charge is 0.494 e. The van der Waals surface area contributed by atoms with Gasteiger partial charge in [0.25, 0.3) is 11.8 Å². The summed E-state index contributed by atoms with van der Waals surface area (Å²) >= 11 is 5.66. The zero-order valence-corrected chi connectivity index (χ0v) is 17.6. The number of ether oxygens (including phenoxy) is 1. The Labute approximate surface area is 183 Å². The first-order valence-electron chi connectivity index (χ1n) is 9.48. The van der Waals surface area contributed by atoms with Gasteiger partial charge in [-0.25, -0.2) is 9.37 Å². The van der Waals surface area contributed by atoms with Gasteiger partial charge in [-0.2, -0.15) is 5.26 Å². The highest BCUT2D eigenvalue weighted by atomic mass is 32.1. The summed E-state index contributed by atoms with van der Waals surface area (Å²) in [5, 5.41) is 9.33. The van der Waals surface area contributed by atoms with Crippen LogP contribution < -0.4 is 20.3 Å². The van der Waals surface area contributed by atoms with Gasteiger partial charge in [0.05, 0.1) is 30.2 Å². The SMILES string of the molecule is COc1cc(N2C(=O)C3(CCC3)N(c3ccc(C(N)=O)c(F)c3C)C2=S)cnc1C#N. The highest BCUT2D eigenvalue weighted by molar-refractivity contribution is 7.81. The number of aromatic nitrogens is 1. The van der Waals surface area contributed by atoms with E-state index in [1.807, 2.05) is 6.07 Å². The third kappa shape index (κ3) is 2.84. The molecule has 2 aromatic rings. The van der Waals surface area contributed by atoms with E-state index in [1.165, 1.54) is 37.3 Å². The topological polar surface area (TPSA) is 113 Å². The van der Waals surface area contributed by atoms with E-state index in [9.17, 15) is 19.2 Å². The fourth-order valence-corrected chi connectivity index (χ4v) is 4.55. The fourth-order valence-electron chi connectivity index (χ4n) is 4.09. The lowest BCUT2D eigenvalue weighted by Crippen LogP contribution is -2.55. The summed E-state index contributed by atoms with van der Waals surface area (Å²) in [5.41, 5.74) is 5.10. The first-order chi connectivity index (χ1) is 14.8. The van der Waals surface area contributed by atoms with Gasteiger partial charge in [-0.15, -0.1) is 0 Å². The second kappa shape index (κ2) is 7.28. The van der Waals surface area contributed by atoms with Crippen molar-refractivity contribution in [3.8, 4) is 11.8 Å². The van der Waals surface area contributed by atoms with Gasteiger partial charge in [0.2, 0.25) is 0 Å². The predicted octanol–water partition coefficient (Wildman–Crippen LogP) is 2.57. The number of nitrogens with zero attached hydrogens (tertiary/aromatic N) is 4. The maximum atomic E-state index is 14.8. The second-order valence-electron chi connectivity index (χ2n) is 7.44. The van der Waals surface area contributed by atoms with Crippen LogP contribution in [0.15, 0.2) is 24.4 Å². The van der Waals surface area contributed by atoms with Crippen LogP contribution in [0.25, 0.3) is 0 Å². The third-order valence-electron chi connectivity index (χ3n) is 5.88. The van der Waals surface area contributed by atoms with Crippen LogP contribution in [0.3, 0.4) is 0 Å². The summed E-state index contributed by atoms with van der Waals surface area (Å²) in [7, 11) is 1.40. The lowest BCUT2D eigenvalue weighted by atomic mass is 9.75. The molecule has 1 saturated carbocycles. The van der Waals surface area contributed by atoms with Gasteiger partial charge >= 0.3 is 0 Å². The minimum Gasteiger partial charge on any atom is -0.494 e. The molecule has 1 aliphatic heterocycles. The molecule has 2 aliphatic rings. The number of anilines is 2. The van der Waals surface area contributed by atoms with Gasteiger partial charge in [-0.3, -0.25) is 14.5 Å². The quantitative estimate of drug-likeness (QED) is 0.729. The van der Waals surface area contributed by atoms with Gasteiger partial charge in [-0.1, -0.05) is 0 Å². The molecular weight excluding hydrogens is 421 g/mol. The summed E-state index contributed by atoms with van der Waals surface area (Å²) < 4.78 is 20.0. The van der Waals surface area contributed by atoms with Crippen molar-refractivity contribution in [2.75, 3.05) is 16.9 Å². The molecule has 1 saturated heterocycles. The molecule has 0 atom stereocenters. The van der Waals surface area contributed by atoms with Crippen LogP contribution in [0.2, 0.25) is 0 Å². The van der Waals surface area contributed by atoms with Crippen molar-refractivity contribution in [2.45, 2.75) is 31.7 Å². The minimum absolute atomic E-state index is 0.0824. The molecule has 10 heteroatoms. The van der Waals surface area contributed by atoms with Crippen molar-refractivity contribution in [2.24, 2.45) is 5.73 Å². The fraction of sp³-hybridized carbons (Fsp3) is 0.286. The molecule has 4 rings (SSSR count). The van der Waals surface area contributed by atoms with E-state index >= 15 is 0 Å². The van der Waals surface area contributed by atoms with E-state index < -0.39 is 17.3 Å². The molecule has 8 nitrogen and oxygen atoms in total. The summed E-state index contributed by atoms with van der Waals surface area (Å²) in [6.07, 6.45) is 3.28. The highest BCUT2D eigenvalue weighted by Crippen LogP contribution is 2.49. The molecule has 2 N–H and O–H groups in total. The standard InChI is InChI=1S/C21H18FN5O3S/c1-11-15(5-4-13(17(11)22)18(24)28)27-20(31)26(19(29)21(27)6-3-7-21)12-8-16(30-2)14(9-23)25-10-12/h4-5,8,10H,3,6-7H2,1-2H3,(H2,24,28). The Balaban J connectivity index is 1.84. The first-order valence-corrected chi connectivity index (χ1v) is 9.89. The number of methoxy groups -OCH3 is 1. The molecule has 1 spiro atoms. The number of carbonyl (C=O) groups is 2. The normalized spacial score (nSPS) is 17.0. The van der Waals surface area contributed by atoms with Crippen molar-refractivity contribution in [1.82, 2.24) is 4.98 Å². The first kappa shape index (κ1) is 20.7. The predicted molar refractivity (Wildman–Crippen MR) is 114 cm³/mol. The number of thiocarbonyl (C=S) groups is 1. The molecule has 0 bridgehead atoms. The molecular formula is C21H18FN5O3S. The Bertz CT molecular complexity index is 1190. The van der Waals surface area contributed by atoms with Crippen LogP contribution in [-0.2, 0) is 4.79 Å². The zero-order chi connectivity index (χ0) is 22.5. The van der Waals surface area contributed by atoms with Gasteiger partial charge in [0, 0.05) is 11.6 Å². The van der Waals surface area contributed by atoms with Gasteiger partial charge < -0.3 is 15.4 Å². The number of rotatable bonds is 4. The van der Waals surface area contributed by atoms with Crippen molar-refractivity contribution in [3.05, 3.63) is 47.0 Å². The monoisotopic (exact) mass is 439 g/mol. The van der Waals surface area contributed by atoms with E-state index in [4.69, 9.17) is 22.7 Å². The summed E-state index contributed by atoms with van der Waals surface area (Å²) in [6, 6.07) is 6.30. The number of benzene rings is 1. The summed E-state index contributed by atoms with van der Waals surface area (Å²) in [6.45, 7) is 1.52. The van der Waals surface area contributed by atoms with E-state index in [1.54, 1.807) is 11.0 Å². The second-order valence-corrected chi connectivity index (χ2v) is 7.80. The van der Waals surface area contributed by atoms with Crippen LogP contribution in [0.5, 0.6) is 5.75 Å². The number of amides is 2. The summed E-state index contributed by atoms with van der Waals surface area (Å²) in [5.74, 6) is -1.65. The van der Waals surface area contributed by atoms with E-state index in [2.05, 4.69) is 4.98 Å². The average molecular weight is 439 g/mol. The number of pyridine rings is 1. The molecule has 1 aromatic heterocycles. The number of hydrogen-bond acceptors (Lipinski definition) is 6. The number of halogens is 1. The average Bonchev–Trinajstić information content (AvgIpc) is 2.96. The van der Waals surface area contributed by atoms with Gasteiger partial charge in [0.15, 0.2) is 16.6 Å². The van der Waals surface area contributed by atoms with Crippen LogP contribution >= 0.6 is 12.2 Å². The Morgan fingerprint density at radius 1 is 1.42 bits per heavy atom. The third-order valence-corrected chi connectivity index (χ3v) is 6.24. The summed E-state index contributed by atoms with van der Waals surface area (Å²) in [4.78, 5) is 32.1. The Hall–Kier alpha value is -3.58. The number of carbonyl (C=O) groups excluding carboxylic acids is 2. The number of nitriles is 1. The molecule has 31 heavy (non-hydrogen) atoms. The van der Waals surface area contributed by atoms with Crippen LogP contribution in [0.1, 0.15) is 40.9 Å². The van der Waals surface area contributed by atoms with E-state index in [0.29, 0.717) is 24.2 Å².